The molecule has 0 aliphatic heterocycles. The van der Waals surface area contributed by atoms with Crippen molar-refractivity contribution in [2.24, 2.45) is 0 Å². The highest BCUT2D eigenvalue weighted by molar-refractivity contribution is 9.10. The predicted octanol–water partition coefficient (Wildman–Crippen LogP) is 3.12. The van der Waals surface area contributed by atoms with Crippen LogP contribution in [0.1, 0.15) is 18.4 Å². The second-order valence-corrected chi connectivity index (χ2v) is 4.97. The molecule has 0 aliphatic rings. The summed E-state index contributed by atoms with van der Waals surface area (Å²) in [5.74, 6) is 1.43. The van der Waals surface area contributed by atoms with Crippen LogP contribution in [0.3, 0.4) is 0 Å². The minimum absolute atomic E-state index is 0.465. The molecule has 1 aromatic rings. The summed E-state index contributed by atoms with van der Waals surface area (Å²) in [4.78, 5) is 2.19. The molecular weight excluding hydrogens is 254 g/mol. The average molecular weight is 272 g/mol. The molecule has 1 rings (SSSR count). The molecule has 0 amide bonds. The van der Waals surface area contributed by atoms with Gasteiger partial charge in [-0.1, -0.05) is 22.9 Å². The molecule has 0 aromatic heterocycles. The molecule has 0 aliphatic carbocycles. The highest BCUT2D eigenvalue weighted by Crippen LogP contribution is 2.29. The van der Waals surface area contributed by atoms with Gasteiger partial charge in [0.15, 0.2) is 0 Å². The van der Waals surface area contributed by atoms with Crippen molar-refractivity contribution in [3.8, 4) is 5.75 Å². The van der Waals surface area contributed by atoms with Crippen LogP contribution in [0, 0.1) is 0 Å². The predicted molar refractivity (Wildman–Crippen MR) is 67.7 cm³/mol. The van der Waals surface area contributed by atoms with Gasteiger partial charge in [0.05, 0.1) is 7.11 Å². The zero-order valence-electron chi connectivity index (χ0n) is 9.75. The minimum atomic E-state index is 0.465. The van der Waals surface area contributed by atoms with Crippen LogP contribution in [0.4, 0.5) is 0 Å². The number of hydrogen-bond donors (Lipinski definition) is 0. The SMILES string of the molecule is COc1ccc(Br)cc1C(C)CN(C)C. The van der Waals surface area contributed by atoms with E-state index < -0.39 is 0 Å². The van der Waals surface area contributed by atoms with Gasteiger partial charge in [-0.05, 0) is 43.8 Å². The maximum absolute atomic E-state index is 5.36. The highest BCUT2D eigenvalue weighted by Gasteiger charge is 2.12. The molecule has 0 saturated carbocycles. The minimum Gasteiger partial charge on any atom is -0.496 e. The van der Waals surface area contributed by atoms with E-state index in [1.807, 2.05) is 12.1 Å². The smallest absolute Gasteiger partial charge is 0.122 e. The van der Waals surface area contributed by atoms with Crippen molar-refractivity contribution < 1.29 is 4.74 Å². The normalized spacial score (nSPS) is 12.9. The molecule has 0 heterocycles. The molecule has 0 spiro atoms. The fraction of sp³-hybridized carbons (Fsp3) is 0.500. The third-order valence-electron chi connectivity index (χ3n) is 2.36. The molecule has 0 saturated heterocycles. The third kappa shape index (κ3) is 3.50. The number of methoxy groups -OCH3 is 1. The van der Waals surface area contributed by atoms with E-state index in [-0.39, 0.29) is 0 Å². The Morgan fingerprint density at radius 1 is 1.40 bits per heavy atom. The van der Waals surface area contributed by atoms with Gasteiger partial charge in [-0.25, -0.2) is 0 Å². The summed E-state index contributed by atoms with van der Waals surface area (Å²) in [5, 5.41) is 0. The van der Waals surface area contributed by atoms with E-state index in [2.05, 4.69) is 47.9 Å². The lowest BCUT2D eigenvalue weighted by molar-refractivity contribution is 0.368. The molecule has 84 valence electrons. The fourth-order valence-electron chi connectivity index (χ4n) is 1.74. The van der Waals surface area contributed by atoms with Crippen molar-refractivity contribution in [3.05, 3.63) is 28.2 Å². The van der Waals surface area contributed by atoms with Gasteiger partial charge in [-0.15, -0.1) is 0 Å². The number of ether oxygens (including phenoxy) is 1. The summed E-state index contributed by atoms with van der Waals surface area (Å²) in [7, 11) is 5.89. The summed E-state index contributed by atoms with van der Waals surface area (Å²) in [6, 6.07) is 6.14. The molecule has 0 bridgehead atoms. The van der Waals surface area contributed by atoms with E-state index in [4.69, 9.17) is 4.74 Å². The topological polar surface area (TPSA) is 12.5 Å². The van der Waals surface area contributed by atoms with Gasteiger partial charge in [0, 0.05) is 11.0 Å². The summed E-state index contributed by atoms with van der Waals surface area (Å²) < 4.78 is 6.46. The lowest BCUT2D eigenvalue weighted by Gasteiger charge is -2.19. The van der Waals surface area contributed by atoms with Crippen LogP contribution in [0.2, 0.25) is 0 Å². The fourth-order valence-corrected chi connectivity index (χ4v) is 2.12. The Balaban J connectivity index is 2.94. The number of likely N-dealkylation sites (N-methyl/N-ethyl adjacent to an activating group) is 1. The first-order valence-electron chi connectivity index (χ1n) is 5.02. The van der Waals surface area contributed by atoms with Gasteiger partial charge < -0.3 is 9.64 Å². The highest BCUT2D eigenvalue weighted by atomic mass is 79.9. The van der Waals surface area contributed by atoms with E-state index in [0.29, 0.717) is 5.92 Å². The van der Waals surface area contributed by atoms with E-state index >= 15 is 0 Å². The first-order chi connectivity index (χ1) is 7.04. The standard InChI is InChI=1S/C12H18BrNO/c1-9(8-14(2)3)11-7-10(13)5-6-12(11)15-4/h5-7,9H,8H2,1-4H3. The Bertz CT molecular complexity index is 325. The van der Waals surface area contributed by atoms with Gasteiger partial charge in [-0.3, -0.25) is 0 Å². The van der Waals surface area contributed by atoms with Crippen molar-refractivity contribution in [1.29, 1.82) is 0 Å². The monoisotopic (exact) mass is 271 g/mol. The number of rotatable bonds is 4. The number of hydrogen-bond acceptors (Lipinski definition) is 2. The molecule has 0 N–H and O–H groups in total. The van der Waals surface area contributed by atoms with Crippen LogP contribution in [0.15, 0.2) is 22.7 Å². The molecule has 3 heteroatoms. The largest absolute Gasteiger partial charge is 0.496 e. The van der Waals surface area contributed by atoms with Gasteiger partial charge >= 0.3 is 0 Å². The summed E-state index contributed by atoms with van der Waals surface area (Å²) in [6.45, 7) is 3.23. The molecule has 1 aromatic carbocycles. The summed E-state index contributed by atoms with van der Waals surface area (Å²) in [5.41, 5.74) is 1.25. The Morgan fingerprint density at radius 3 is 2.60 bits per heavy atom. The third-order valence-corrected chi connectivity index (χ3v) is 2.85. The maximum atomic E-state index is 5.36. The molecule has 0 radical (unpaired) electrons. The number of halogens is 1. The van der Waals surface area contributed by atoms with E-state index in [0.717, 1.165) is 16.8 Å². The zero-order chi connectivity index (χ0) is 11.4. The number of benzene rings is 1. The Kier molecular flexibility index (Phi) is 4.61. The van der Waals surface area contributed by atoms with Crippen molar-refractivity contribution in [3.63, 3.8) is 0 Å². The number of nitrogens with zero attached hydrogens (tertiary/aromatic N) is 1. The van der Waals surface area contributed by atoms with Crippen LogP contribution < -0.4 is 4.74 Å². The van der Waals surface area contributed by atoms with Gasteiger partial charge in [0.1, 0.15) is 5.75 Å². The lowest BCUT2D eigenvalue weighted by Crippen LogP contribution is -2.18. The van der Waals surface area contributed by atoms with E-state index in [1.54, 1.807) is 7.11 Å². The van der Waals surface area contributed by atoms with Crippen molar-refractivity contribution in [1.82, 2.24) is 4.90 Å². The quantitative estimate of drug-likeness (QED) is 0.835. The van der Waals surface area contributed by atoms with Crippen LogP contribution in [-0.4, -0.2) is 32.6 Å². The first-order valence-corrected chi connectivity index (χ1v) is 5.82. The van der Waals surface area contributed by atoms with E-state index in [9.17, 15) is 0 Å². The summed E-state index contributed by atoms with van der Waals surface area (Å²) >= 11 is 3.49. The lowest BCUT2D eigenvalue weighted by atomic mass is 10.00. The van der Waals surface area contributed by atoms with Crippen molar-refractivity contribution >= 4 is 15.9 Å². The molecule has 0 fully saturated rings. The van der Waals surface area contributed by atoms with E-state index in [1.165, 1.54) is 5.56 Å². The van der Waals surface area contributed by atoms with Crippen molar-refractivity contribution in [2.75, 3.05) is 27.7 Å². The molecule has 1 atom stereocenters. The molecule has 15 heavy (non-hydrogen) atoms. The molecule has 1 unspecified atom stereocenters. The Morgan fingerprint density at radius 2 is 2.07 bits per heavy atom. The van der Waals surface area contributed by atoms with Gasteiger partial charge in [0.2, 0.25) is 0 Å². The Hall–Kier alpha value is -0.540. The van der Waals surface area contributed by atoms with Gasteiger partial charge in [0.25, 0.3) is 0 Å². The molecular formula is C12H18BrNO. The van der Waals surface area contributed by atoms with Crippen LogP contribution in [0.5, 0.6) is 5.75 Å². The van der Waals surface area contributed by atoms with Gasteiger partial charge in [-0.2, -0.15) is 0 Å². The van der Waals surface area contributed by atoms with Crippen LogP contribution in [0.25, 0.3) is 0 Å². The first kappa shape index (κ1) is 12.5. The summed E-state index contributed by atoms with van der Waals surface area (Å²) in [6.07, 6.45) is 0. The second kappa shape index (κ2) is 5.52. The average Bonchev–Trinajstić information content (AvgIpc) is 2.16. The second-order valence-electron chi connectivity index (χ2n) is 4.05. The maximum Gasteiger partial charge on any atom is 0.122 e. The van der Waals surface area contributed by atoms with Crippen LogP contribution >= 0.6 is 15.9 Å². The Labute approximate surface area is 100 Å². The molecule has 2 nitrogen and oxygen atoms in total. The van der Waals surface area contributed by atoms with Crippen molar-refractivity contribution in [2.45, 2.75) is 12.8 Å². The zero-order valence-corrected chi connectivity index (χ0v) is 11.3. The van der Waals surface area contributed by atoms with Crippen LogP contribution in [-0.2, 0) is 0 Å².